The second-order valence-corrected chi connectivity index (χ2v) is 9.38. The average Bonchev–Trinajstić information content (AvgIpc) is 2.88. The van der Waals surface area contributed by atoms with Crippen LogP contribution < -0.4 is 16.2 Å². The van der Waals surface area contributed by atoms with Gasteiger partial charge in [-0.05, 0) is 73.6 Å². The van der Waals surface area contributed by atoms with E-state index in [0.717, 1.165) is 37.2 Å². The number of carbonyl (C=O) groups excluding carboxylic acids is 3. The summed E-state index contributed by atoms with van der Waals surface area (Å²) in [5.74, 6) is -0.00494. The summed E-state index contributed by atoms with van der Waals surface area (Å²) >= 11 is 0. The van der Waals surface area contributed by atoms with Crippen molar-refractivity contribution in [2.45, 2.75) is 51.9 Å². The third kappa shape index (κ3) is 9.29. The van der Waals surface area contributed by atoms with Crippen LogP contribution in [-0.2, 0) is 19.1 Å². The molecule has 0 aromatic heterocycles. The van der Waals surface area contributed by atoms with Crippen molar-refractivity contribution in [3.63, 3.8) is 0 Å². The predicted octanol–water partition coefficient (Wildman–Crippen LogP) is 5.17. The summed E-state index contributed by atoms with van der Waals surface area (Å²) in [6.07, 6.45) is 9.69. The van der Waals surface area contributed by atoms with E-state index in [1.54, 1.807) is 36.4 Å². The Bertz CT molecular complexity index is 1070. The molecule has 1 aliphatic rings. The summed E-state index contributed by atoms with van der Waals surface area (Å²) in [7, 11) is 0. The van der Waals surface area contributed by atoms with Crippen molar-refractivity contribution in [3.05, 3.63) is 59.7 Å². The lowest BCUT2D eigenvalue weighted by molar-refractivity contribution is -0.140. The molecule has 4 N–H and O–H groups in total. The van der Waals surface area contributed by atoms with Gasteiger partial charge in [0.25, 0.3) is 0 Å². The highest BCUT2D eigenvalue weighted by atomic mass is 16.5. The molecule has 1 aliphatic carbocycles. The SMILES string of the molecule is CCCC1CCC(C(=O)Oc2ccc(C=CC(=O)OCCCOC(=O)c3cc(N)cc(N)c3)cc2)CC1. The maximum absolute atomic E-state index is 12.5. The molecule has 0 spiro atoms. The van der Waals surface area contributed by atoms with Gasteiger partial charge in [-0.3, -0.25) is 4.79 Å². The quantitative estimate of drug-likeness (QED) is 0.140. The van der Waals surface area contributed by atoms with E-state index < -0.39 is 11.9 Å². The van der Waals surface area contributed by atoms with Crippen molar-refractivity contribution in [1.29, 1.82) is 0 Å². The number of rotatable bonds is 11. The Morgan fingerprint density at radius 3 is 2.22 bits per heavy atom. The summed E-state index contributed by atoms with van der Waals surface area (Å²) < 4.78 is 15.8. The van der Waals surface area contributed by atoms with Crippen LogP contribution in [0.25, 0.3) is 6.08 Å². The third-order valence-corrected chi connectivity index (χ3v) is 6.37. The van der Waals surface area contributed by atoms with Gasteiger partial charge < -0.3 is 25.7 Å². The number of esters is 3. The normalized spacial score (nSPS) is 17.3. The molecule has 0 radical (unpaired) electrons. The van der Waals surface area contributed by atoms with Crippen LogP contribution in [0.1, 0.15) is 67.8 Å². The molecule has 3 rings (SSSR count). The highest BCUT2D eigenvalue weighted by Crippen LogP contribution is 2.32. The molecule has 0 unspecified atom stereocenters. The fourth-order valence-corrected chi connectivity index (χ4v) is 4.43. The first-order valence-electron chi connectivity index (χ1n) is 12.8. The summed E-state index contributed by atoms with van der Waals surface area (Å²) in [6.45, 7) is 2.39. The lowest BCUT2D eigenvalue weighted by Gasteiger charge is -2.26. The van der Waals surface area contributed by atoms with Crippen LogP contribution in [-0.4, -0.2) is 31.1 Å². The Labute approximate surface area is 218 Å². The molecule has 37 heavy (non-hydrogen) atoms. The van der Waals surface area contributed by atoms with Crippen LogP contribution in [0.5, 0.6) is 5.75 Å². The number of anilines is 2. The van der Waals surface area contributed by atoms with Crippen molar-refractivity contribution in [2.24, 2.45) is 11.8 Å². The molecule has 1 fully saturated rings. The number of nitrogens with two attached hydrogens (primary N) is 2. The van der Waals surface area contributed by atoms with Gasteiger partial charge in [-0.1, -0.05) is 31.9 Å². The van der Waals surface area contributed by atoms with Crippen LogP contribution in [0.3, 0.4) is 0 Å². The van der Waals surface area contributed by atoms with E-state index in [9.17, 15) is 14.4 Å². The van der Waals surface area contributed by atoms with Gasteiger partial charge in [0.15, 0.2) is 0 Å². The van der Waals surface area contributed by atoms with Gasteiger partial charge in [-0.25, -0.2) is 9.59 Å². The standard InChI is InChI=1S/C29H36N2O6/c1-2-4-20-5-10-22(11-6-20)29(34)37-26-12-7-21(8-13-26)9-14-27(32)35-15-3-16-36-28(33)23-17-24(30)19-25(31)18-23/h7-9,12-14,17-20,22H,2-6,10-11,15-16,30-31H2,1H3. The zero-order chi connectivity index (χ0) is 26.6. The summed E-state index contributed by atoms with van der Waals surface area (Å²) in [4.78, 5) is 36.5. The fourth-order valence-electron chi connectivity index (χ4n) is 4.43. The van der Waals surface area contributed by atoms with Crippen molar-refractivity contribution in [2.75, 3.05) is 24.7 Å². The lowest BCUT2D eigenvalue weighted by atomic mass is 9.80. The Morgan fingerprint density at radius 2 is 1.57 bits per heavy atom. The molecule has 0 bridgehead atoms. The maximum atomic E-state index is 12.5. The van der Waals surface area contributed by atoms with Gasteiger partial charge in [0.1, 0.15) is 5.75 Å². The van der Waals surface area contributed by atoms with Crippen molar-refractivity contribution in [3.8, 4) is 5.75 Å². The van der Waals surface area contributed by atoms with Crippen molar-refractivity contribution >= 4 is 35.4 Å². The minimum atomic E-state index is -0.543. The Kier molecular flexibility index (Phi) is 10.6. The van der Waals surface area contributed by atoms with E-state index in [1.165, 1.54) is 31.1 Å². The highest BCUT2D eigenvalue weighted by Gasteiger charge is 2.27. The van der Waals surface area contributed by atoms with E-state index in [-0.39, 0.29) is 30.7 Å². The number of hydrogen-bond acceptors (Lipinski definition) is 8. The van der Waals surface area contributed by atoms with E-state index in [0.29, 0.717) is 23.5 Å². The van der Waals surface area contributed by atoms with Crippen LogP contribution >= 0.6 is 0 Å². The Morgan fingerprint density at radius 1 is 0.919 bits per heavy atom. The second-order valence-electron chi connectivity index (χ2n) is 9.38. The maximum Gasteiger partial charge on any atom is 0.338 e. The topological polar surface area (TPSA) is 131 Å². The first-order chi connectivity index (χ1) is 17.8. The molecule has 0 heterocycles. The molecule has 0 amide bonds. The monoisotopic (exact) mass is 508 g/mol. The molecule has 8 heteroatoms. The number of carbonyl (C=O) groups is 3. The molecule has 2 aromatic carbocycles. The largest absolute Gasteiger partial charge is 0.462 e. The minimum absolute atomic E-state index is 0.0260. The van der Waals surface area contributed by atoms with Gasteiger partial charge in [0.05, 0.1) is 24.7 Å². The first kappa shape index (κ1) is 27.8. The Hall–Kier alpha value is -3.81. The molecule has 1 saturated carbocycles. The second kappa shape index (κ2) is 14.1. The molecule has 0 saturated heterocycles. The van der Waals surface area contributed by atoms with Crippen LogP contribution in [0.4, 0.5) is 11.4 Å². The van der Waals surface area contributed by atoms with Crippen molar-refractivity contribution in [1.82, 2.24) is 0 Å². The Balaban J connectivity index is 1.33. The van der Waals surface area contributed by atoms with E-state index in [2.05, 4.69) is 6.92 Å². The van der Waals surface area contributed by atoms with Crippen molar-refractivity contribution < 1.29 is 28.6 Å². The van der Waals surface area contributed by atoms with Gasteiger partial charge in [-0.15, -0.1) is 0 Å². The van der Waals surface area contributed by atoms with Gasteiger partial charge in [0, 0.05) is 23.9 Å². The highest BCUT2D eigenvalue weighted by molar-refractivity contribution is 5.91. The first-order valence-corrected chi connectivity index (χ1v) is 12.8. The molecule has 2 aromatic rings. The van der Waals surface area contributed by atoms with Crippen LogP contribution in [0.2, 0.25) is 0 Å². The molecule has 0 atom stereocenters. The summed E-state index contributed by atoms with van der Waals surface area (Å²) in [6, 6.07) is 11.5. The number of hydrogen-bond donors (Lipinski definition) is 2. The molecular weight excluding hydrogens is 472 g/mol. The van der Waals surface area contributed by atoms with Crippen LogP contribution in [0, 0.1) is 11.8 Å². The van der Waals surface area contributed by atoms with E-state index in [1.807, 2.05) is 0 Å². The van der Waals surface area contributed by atoms with E-state index >= 15 is 0 Å². The number of ether oxygens (including phenoxy) is 3. The predicted molar refractivity (Wildman–Crippen MR) is 143 cm³/mol. The molecular formula is C29H36N2O6. The lowest BCUT2D eigenvalue weighted by Crippen LogP contribution is -2.25. The van der Waals surface area contributed by atoms with Crippen LogP contribution in [0.15, 0.2) is 48.5 Å². The third-order valence-electron chi connectivity index (χ3n) is 6.37. The molecule has 0 aliphatic heterocycles. The number of benzene rings is 2. The van der Waals surface area contributed by atoms with E-state index in [4.69, 9.17) is 25.7 Å². The van der Waals surface area contributed by atoms with Gasteiger partial charge in [0.2, 0.25) is 0 Å². The smallest absolute Gasteiger partial charge is 0.338 e. The minimum Gasteiger partial charge on any atom is -0.462 e. The van der Waals surface area contributed by atoms with Gasteiger partial charge >= 0.3 is 17.9 Å². The molecule has 8 nitrogen and oxygen atoms in total. The summed E-state index contributed by atoms with van der Waals surface area (Å²) in [5, 5.41) is 0. The number of nitrogen functional groups attached to an aromatic ring is 2. The van der Waals surface area contributed by atoms with Gasteiger partial charge in [-0.2, -0.15) is 0 Å². The zero-order valence-corrected chi connectivity index (χ0v) is 21.3. The average molecular weight is 509 g/mol. The zero-order valence-electron chi connectivity index (χ0n) is 21.3. The molecule has 198 valence electrons. The fraction of sp³-hybridized carbons (Fsp3) is 0.414. The summed E-state index contributed by atoms with van der Waals surface area (Å²) in [5.41, 5.74) is 13.1.